The van der Waals surface area contributed by atoms with Crippen molar-refractivity contribution in [2.45, 2.75) is 13.8 Å². The largest absolute Gasteiger partial charge is 0.289 e. The standard InChI is InChI=1S/C10H10OS.C2H6/c1-12-8-7-10(11)9-5-3-2-4-6-9;1-2/h2-8H,1H3;1-2H3/b8-7+;. The molecule has 0 aliphatic carbocycles. The van der Waals surface area contributed by atoms with Gasteiger partial charge in [0.2, 0.25) is 0 Å². The van der Waals surface area contributed by atoms with Crippen LogP contribution >= 0.6 is 11.8 Å². The van der Waals surface area contributed by atoms with Gasteiger partial charge in [-0.2, -0.15) is 0 Å². The zero-order chi connectivity index (χ0) is 10.8. The maximum atomic E-state index is 11.3. The fourth-order valence-electron chi connectivity index (χ4n) is 0.828. The van der Waals surface area contributed by atoms with Crippen LogP contribution in [0.25, 0.3) is 0 Å². The van der Waals surface area contributed by atoms with Crippen LogP contribution < -0.4 is 0 Å². The van der Waals surface area contributed by atoms with E-state index in [0.29, 0.717) is 0 Å². The molecule has 76 valence electrons. The van der Waals surface area contributed by atoms with Crippen LogP contribution in [0.3, 0.4) is 0 Å². The molecule has 0 heterocycles. The van der Waals surface area contributed by atoms with Crippen molar-refractivity contribution < 1.29 is 4.79 Å². The van der Waals surface area contributed by atoms with Crippen LogP contribution in [0.15, 0.2) is 41.8 Å². The lowest BCUT2D eigenvalue weighted by molar-refractivity contribution is 0.104. The van der Waals surface area contributed by atoms with E-state index < -0.39 is 0 Å². The normalized spacial score (nSPS) is 9.36. The maximum Gasteiger partial charge on any atom is 0.186 e. The third kappa shape index (κ3) is 4.87. The van der Waals surface area contributed by atoms with E-state index in [-0.39, 0.29) is 5.78 Å². The van der Waals surface area contributed by atoms with E-state index in [1.807, 2.05) is 50.4 Å². The first-order valence-electron chi connectivity index (χ1n) is 4.63. The van der Waals surface area contributed by atoms with Crippen LogP contribution in [0.2, 0.25) is 0 Å². The lowest BCUT2D eigenvalue weighted by atomic mass is 10.1. The SMILES string of the molecule is CC.CS/C=C/C(=O)c1ccccc1. The fourth-order valence-corrected chi connectivity index (χ4v) is 1.09. The van der Waals surface area contributed by atoms with Crippen molar-refractivity contribution in [1.82, 2.24) is 0 Å². The van der Waals surface area contributed by atoms with Crippen molar-refractivity contribution in [3.63, 3.8) is 0 Å². The number of hydrogen-bond acceptors (Lipinski definition) is 2. The molecule has 0 radical (unpaired) electrons. The van der Waals surface area contributed by atoms with Gasteiger partial charge < -0.3 is 0 Å². The van der Waals surface area contributed by atoms with Crippen LogP contribution in [-0.4, -0.2) is 12.0 Å². The summed E-state index contributed by atoms with van der Waals surface area (Å²) in [4.78, 5) is 11.3. The summed E-state index contributed by atoms with van der Waals surface area (Å²) in [6.45, 7) is 4.00. The van der Waals surface area contributed by atoms with E-state index in [0.717, 1.165) is 5.56 Å². The van der Waals surface area contributed by atoms with E-state index >= 15 is 0 Å². The predicted octanol–water partition coefficient (Wildman–Crippen LogP) is 3.77. The lowest BCUT2D eigenvalue weighted by Gasteiger charge is -1.92. The molecule has 0 fully saturated rings. The molecule has 0 amide bonds. The highest BCUT2D eigenvalue weighted by molar-refractivity contribution is 8.01. The summed E-state index contributed by atoms with van der Waals surface area (Å²) in [5, 5.41) is 1.79. The van der Waals surface area contributed by atoms with Gasteiger partial charge in [0.1, 0.15) is 0 Å². The molecule has 0 aliphatic rings. The molecule has 0 bridgehead atoms. The van der Waals surface area contributed by atoms with Crippen LogP contribution in [0.4, 0.5) is 0 Å². The highest BCUT2D eigenvalue weighted by Crippen LogP contribution is 2.02. The molecule has 0 saturated heterocycles. The molecule has 0 atom stereocenters. The highest BCUT2D eigenvalue weighted by atomic mass is 32.2. The van der Waals surface area contributed by atoms with Gasteiger partial charge in [0.05, 0.1) is 0 Å². The first-order chi connectivity index (χ1) is 6.84. The molecular formula is C12H16OS. The van der Waals surface area contributed by atoms with Crippen LogP contribution in [0.1, 0.15) is 24.2 Å². The summed E-state index contributed by atoms with van der Waals surface area (Å²) in [7, 11) is 0. The minimum atomic E-state index is 0.0601. The zero-order valence-electron chi connectivity index (χ0n) is 8.86. The molecule has 0 spiro atoms. The summed E-state index contributed by atoms with van der Waals surface area (Å²) in [5.41, 5.74) is 0.739. The highest BCUT2D eigenvalue weighted by Gasteiger charge is 1.97. The van der Waals surface area contributed by atoms with E-state index in [9.17, 15) is 4.79 Å². The van der Waals surface area contributed by atoms with Gasteiger partial charge in [-0.15, -0.1) is 11.8 Å². The molecule has 0 aliphatic heterocycles. The van der Waals surface area contributed by atoms with Gasteiger partial charge in [0.15, 0.2) is 5.78 Å². The van der Waals surface area contributed by atoms with E-state index in [1.165, 1.54) is 11.8 Å². The summed E-state index contributed by atoms with van der Waals surface area (Å²) in [6, 6.07) is 9.25. The van der Waals surface area contributed by atoms with Gasteiger partial charge in [0, 0.05) is 5.56 Å². The minimum absolute atomic E-state index is 0.0601. The first kappa shape index (κ1) is 13.0. The average molecular weight is 208 g/mol. The smallest absolute Gasteiger partial charge is 0.186 e. The van der Waals surface area contributed by atoms with Gasteiger partial charge in [-0.3, -0.25) is 4.79 Å². The molecule has 2 heteroatoms. The van der Waals surface area contributed by atoms with Crippen molar-refractivity contribution in [2.75, 3.05) is 6.26 Å². The molecular weight excluding hydrogens is 192 g/mol. The fraction of sp³-hybridized carbons (Fsp3) is 0.250. The number of carbonyl (C=O) groups is 1. The lowest BCUT2D eigenvalue weighted by Crippen LogP contribution is -1.91. The Morgan fingerprint density at radius 3 is 2.29 bits per heavy atom. The summed E-state index contributed by atoms with van der Waals surface area (Å²) < 4.78 is 0. The molecule has 0 saturated carbocycles. The number of carbonyl (C=O) groups excluding carboxylic acids is 1. The van der Waals surface area contributed by atoms with Crippen molar-refractivity contribution in [2.24, 2.45) is 0 Å². The molecule has 14 heavy (non-hydrogen) atoms. The Bertz CT molecular complexity index is 278. The Labute approximate surface area is 90.2 Å². The van der Waals surface area contributed by atoms with Crippen molar-refractivity contribution >= 4 is 17.5 Å². The number of allylic oxidation sites excluding steroid dienone is 1. The predicted molar refractivity (Wildman–Crippen MR) is 64.8 cm³/mol. The summed E-state index contributed by atoms with van der Waals surface area (Å²) in [5.74, 6) is 0.0601. The third-order valence-corrected chi connectivity index (χ3v) is 1.82. The number of benzene rings is 1. The van der Waals surface area contributed by atoms with Gasteiger partial charge >= 0.3 is 0 Å². The van der Waals surface area contributed by atoms with E-state index in [1.54, 1.807) is 11.5 Å². The van der Waals surface area contributed by atoms with E-state index in [4.69, 9.17) is 0 Å². The summed E-state index contributed by atoms with van der Waals surface area (Å²) in [6.07, 6.45) is 3.51. The molecule has 1 nitrogen and oxygen atoms in total. The number of thioether (sulfide) groups is 1. The van der Waals surface area contributed by atoms with Crippen LogP contribution in [0.5, 0.6) is 0 Å². The van der Waals surface area contributed by atoms with Gasteiger partial charge in [0.25, 0.3) is 0 Å². The second-order valence-electron chi connectivity index (χ2n) is 2.27. The Hall–Kier alpha value is -1.02. The molecule has 0 N–H and O–H groups in total. The second kappa shape index (κ2) is 8.57. The van der Waals surface area contributed by atoms with Crippen molar-refractivity contribution in [3.8, 4) is 0 Å². The Balaban J connectivity index is 0.000000791. The third-order valence-electron chi connectivity index (χ3n) is 1.41. The van der Waals surface area contributed by atoms with Crippen molar-refractivity contribution in [3.05, 3.63) is 47.4 Å². The molecule has 1 aromatic rings. The second-order valence-corrected chi connectivity index (χ2v) is 3.01. The zero-order valence-corrected chi connectivity index (χ0v) is 9.67. The Kier molecular flexibility index (Phi) is 7.95. The van der Waals surface area contributed by atoms with Crippen LogP contribution in [0, 0.1) is 0 Å². The number of hydrogen-bond donors (Lipinski definition) is 0. The molecule has 1 aromatic carbocycles. The topological polar surface area (TPSA) is 17.1 Å². The maximum absolute atomic E-state index is 11.3. The Morgan fingerprint density at radius 1 is 1.21 bits per heavy atom. The summed E-state index contributed by atoms with van der Waals surface area (Å²) >= 11 is 1.52. The van der Waals surface area contributed by atoms with Crippen LogP contribution in [-0.2, 0) is 0 Å². The van der Waals surface area contributed by atoms with Crippen molar-refractivity contribution in [1.29, 1.82) is 0 Å². The quantitative estimate of drug-likeness (QED) is 0.555. The molecule has 0 unspecified atom stereocenters. The van der Waals surface area contributed by atoms with Gasteiger partial charge in [-0.25, -0.2) is 0 Å². The molecule has 1 rings (SSSR count). The monoisotopic (exact) mass is 208 g/mol. The minimum Gasteiger partial charge on any atom is -0.289 e. The van der Waals surface area contributed by atoms with E-state index in [2.05, 4.69) is 0 Å². The Morgan fingerprint density at radius 2 is 1.79 bits per heavy atom. The number of ketones is 1. The first-order valence-corrected chi connectivity index (χ1v) is 5.92. The van der Waals surface area contributed by atoms with Gasteiger partial charge in [-0.05, 0) is 17.7 Å². The average Bonchev–Trinajstić information content (AvgIpc) is 2.30. The van der Waals surface area contributed by atoms with Gasteiger partial charge in [-0.1, -0.05) is 44.2 Å². The number of rotatable bonds is 3. The molecule has 0 aromatic heterocycles.